The number of aromatic carboxylic acids is 1. The number of carbonyl (C=O) groups is 1. The van der Waals surface area contributed by atoms with Crippen LogP contribution in [-0.4, -0.2) is 11.1 Å². The lowest BCUT2D eigenvalue weighted by Gasteiger charge is -2.11. The Hall–Kier alpha value is -1.82. The van der Waals surface area contributed by atoms with E-state index in [-0.39, 0.29) is 11.5 Å². The van der Waals surface area contributed by atoms with Gasteiger partial charge in [-0.25, -0.2) is 4.79 Å². The number of benzene rings is 1. The van der Waals surface area contributed by atoms with Gasteiger partial charge in [-0.2, -0.15) is 5.26 Å². The molecule has 0 aromatic heterocycles. The van der Waals surface area contributed by atoms with E-state index in [0.717, 1.165) is 12.0 Å². The van der Waals surface area contributed by atoms with Crippen molar-refractivity contribution in [2.24, 2.45) is 0 Å². The van der Waals surface area contributed by atoms with E-state index in [1.165, 1.54) is 0 Å². The highest BCUT2D eigenvalue weighted by atomic mass is 16.4. The molecule has 0 saturated carbocycles. The van der Waals surface area contributed by atoms with Gasteiger partial charge in [-0.05, 0) is 30.0 Å². The molecule has 0 radical (unpaired) electrons. The third kappa shape index (κ3) is 2.81. The third-order valence-electron chi connectivity index (χ3n) is 2.44. The lowest BCUT2D eigenvalue weighted by molar-refractivity contribution is 0.0696. The molecule has 0 aliphatic carbocycles. The van der Waals surface area contributed by atoms with Crippen LogP contribution in [0.25, 0.3) is 0 Å². The summed E-state index contributed by atoms with van der Waals surface area (Å²) in [4.78, 5) is 10.8. The van der Waals surface area contributed by atoms with Gasteiger partial charge in [0.05, 0.1) is 11.6 Å². The van der Waals surface area contributed by atoms with Crippen molar-refractivity contribution in [3.63, 3.8) is 0 Å². The zero-order valence-electron chi connectivity index (χ0n) is 8.60. The molecule has 1 rings (SSSR count). The van der Waals surface area contributed by atoms with E-state index < -0.39 is 5.97 Å². The largest absolute Gasteiger partial charge is 0.478 e. The molecule has 3 nitrogen and oxygen atoms in total. The topological polar surface area (TPSA) is 61.1 Å². The van der Waals surface area contributed by atoms with E-state index >= 15 is 0 Å². The maximum Gasteiger partial charge on any atom is 0.335 e. The van der Waals surface area contributed by atoms with Crippen molar-refractivity contribution in [3.8, 4) is 6.07 Å². The standard InChI is InChI=1S/C12H13NO2/c1-2-9(6-7-13)10-4-3-5-11(8-10)12(14)15/h3-5,8-9H,2,6H2,1H3,(H,14,15). The molecule has 0 aliphatic rings. The van der Waals surface area contributed by atoms with Crippen molar-refractivity contribution in [1.82, 2.24) is 0 Å². The molecule has 0 saturated heterocycles. The maximum absolute atomic E-state index is 10.8. The van der Waals surface area contributed by atoms with Gasteiger partial charge in [-0.15, -0.1) is 0 Å². The van der Waals surface area contributed by atoms with Crippen LogP contribution in [0.5, 0.6) is 0 Å². The van der Waals surface area contributed by atoms with E-state index in [4.69, 9.17) is 10.4 Å². The second-order valence-electron chi connectivity index (χ2n) is 3.40. The first-order chi connectivity index (χ1) is 7.19. The third-order valence-corrected chi connectivity index (χ3v) is 2.44. The summed E-state index contributed by atoms with van der Waals surface area (Å²) in [5.41, 5.74) is 1.21. The molecule has 1 aromatic rings. The molecule has 0 aliphatic heterocycles. The number of carboxylic acids is 1. The van der Waals surface area contributed by atoms with Crippen LogP contribution in [0.4, 0.5) is 0 Å². The summed E-state index contributed by atoms with van der Waals surface area (Å²) in [7, 11) is 0. The predicted octanol–water partition coefficient (Wildman–Crippen LogP) is 2.79. The summed E-state index contributed by atoms with van der Waals surface area (Å²) >= 11 is 0. The van der Waals surface area contributed by atoms with Crippen LogP contribution in [0.2, 0.25) is 0 Å². The first kappa shape index (κ1) is 11.3. The van der Waals surface area contributed by atoms with Gasteiger partial charge in [-0.3, -0.25) is 0 Å². The Labute approximate surface area is 89.0 Å². The predicted molar refractivity (Wildman–Crippen MR) is 56.7 cm³/mol. The average Bonchev–Trinajstić information content (AvgIpc) is 2.26. The quantitative estimate of drug-likeness (QED) is 0.818. The van der Waals surface area contributed by atoms with Gasteiger partial charge in [0.15, 0.2) is 0 Å². The number of rotatable bonds is 4. The van der Waals surface area contributed by atoms with E-state index in [0.29, 0.717) is 6.42 Å². The Morgan fingerprint density at radius 2 is 2.33 bits per heavy atom. The first-order valence-electron chi connectivity index (χ1n) is 4.89. The molecule has 0 fully saturated rings. The Morgan fingerprint density at radius 1 is 1.60 bits per heavy atom. The Kier molecular flexibility index (Phi) is 3.87. The fourth-order valence-corrected chi connectivity index (χ4v) is 1.53. The highest BCUT2D eigenvalue weighted by Crippen LogP contribution is 2.23. The second-order valence-corrected chi connectivity index (χ2v) is 3.40. The van der Waals surface area contributed by atoms with Gasteiger partial charge in [0, 0.05) is 6.42 Å². The van der Waals surface area contributed by atoms with Crippen molar-refractivity contribution in [1.29, 1.82) is 5.26 Å². The second kappa shape index (κ2) is 5.16. The number of nitrogens with zero attached hydrogens (tertiary/aromatic N) is 1. The molecule has 1 atom stereocenters. The molecule has 0 heterocycles. The van der Waals surface area contributed by atoms with Gasteiger partial charge in [0.25, 0.3) is 0 Å². The molecule has 3 heteroatoms. The van der Waals surface area contributed by atoms with Crippen molar-refractivity contribution in [2.45, 2.75) is 25.7 Å². The van der Waals surface area contributed by atoms with E-state index in [2.05, 4.69) is 6.07 Å². The van der Waals surface area contributed by atoms with Gasteiger partial charge in [0.2, 0.25) is 0 Å². The van der Waals surface area contributed by atoms with Gasteiger partial charge in [0.1, 0.15) is 0 Å². The van der Waals surface area contributed by atoms with Crippen LogP contribution < -0.4 is 0 Å². The normalized spacial score (nSPS) is 11.7. The summed E-state index contributed by atoms with van der Waals surface area (Å²) in [5, 5.41) is 17.5. The van der Waals surface area contributed by atoms with Crippen molar-refractivity contribution < 1.29 is 9.90 Å². The first-order valence-corrected chi connectivity index (χ1v) is 4.89. The molecule has 78 valence electrons. The molecule has 15 heavy (non-hydrogen) atoms. The van der Waals surface area contributed by atoms with Gasteiger partial charge >= 0.3 is 5.97 Å². The molecule has 1 N–H and O–H groups in total. The van der Waals surface area contributed by atoms with Crippen molar-refractivity contribution in [2.75, 3.05) is 0 Å². The van der Waals surface area contributed by atoms with E-state index in [9.17, 15) is 4.79 Å². The summed E-state index contributed by atoms with van der Waals surface area (Å²) in [6.45, 7) is 2.00. The van der Waals surface area contributed by atoms with Crippen LogP contribution in [0.1, 0.15) is 41.6 Å². The van der Waals surface area contributed by atoms with Crippen molar-refractivity contribution >= 4 is 5.97 Å². The minimum Gasteiger partial charge on any atom is -0.478 e. The Bertz CT molecular complexity index is 393. The summed E-state index contributed by atoms with van der Waals surface area (Å²) in [5.74, 6) is -0.794. The highest BCUT2D eigenvalue weighted by Gasteiger charge is 2.11. The number of hydrogen-bond donors (Lipinski definition) is 1. The molecule has 1 unspecified atom stereocenters. The number of nitriles is 1. The smallest absolute Gasteiger partial charge is 0.335 e. The summed E-state index contributed by atoms with van der Waals surface area (Å²) in [6.07, 6.45) is 1.27. The zero-order valence-corrected chi connectivity index (χ0v) is 8.60. The average molecular weight is 203 g/mol. The molecule has 0 spiro atoms. The maximum atomic E-state index is 10.8. The highest BCUT2D eigenvalue weighted by molar-refractivity contribution is 5.87. The van der Waals surface area contributed by atoms with Crippen LogP contribution in [0.15, 0.2) is 24.3 Å². The van der Waals surface area contributed by atoms with Gasteiger partial charge in [-0.1, -0.05) is 19.1 Å². The molecular formula is C12H13NO2. The van der Waals surface area contributed by atoms with Crippen molar-refractivity contribution in [3.05, 3.63) is 35.4 Å². The minimum atomic E-state index is -0.927. The van der Waals surface area contributed by atoms with E-state index in [1.54, 1.807) is 18.2 Å². The van der Waals surface area contributed by atoms with Gasteiger partial charge < -0.3 is 5.11 Å². The molecule has 0 amide bonds. The fourth-order valence-electron chi connectivity index (χ4n) is 1.53. The summed E-state index contributed by atoms with van der Waals surface area (Å²) in [6, 6.07) is 8.92. The lowest BCUT2D eigenvalue weighted by atomic mass is 9.92. The monoisotopic (exact) mass is 203 g/mol. The Balaban J connectivity index is 2.98. The zero-order chi connectivity index (χ0) is 11.3. The fraction of sp³-hybridized carbons (Fsp3) is 0.333. The summed E-state index contributed by atoms with van der Waals surface area (Å²) < 4.78 is 0. The van der Waals surface area contributed by atoms with Crippen LogP contribution in [0, 0.1) is 11.3 Å². The van der Waals surface area contributed by atoms with Crippen LogP contribution in [-0.2, 0) is 0 Å². The molecule has 0 bridgehead atoms. The van der Waals surface area contributed by atoms with Crippen LogP contribution >= 0.6 is 0 Å². The van der Waals surface area contributed by atoms with E-state index in [1.807, 2.05) is 13.0 Å². The molecule has 1 aromatic carbocycles. The number of hydrogen-bond acceptors (Lipinski definition) is 2. The number of carboxylic acid groups (broad SMARTS) is 1. The van der Waals surface area contributed by atoms with Crippen LogP contribution in [0.3, 0.4) is 0 Å². The minimum absolute atomic E-state index is 0.134. The Morgan fingerprint density at radius 3 is 2.87 bits per heavy atom. The SMILES string of the molecule is CCC(CC#N)c1cccc(C(=O)O)c1. The lowest BCUT2D eigenvalue weighted by Crippen LogP contribution is -2.01. The molecular weight excluding hydrogens is 190 g/mol.